The van der Waals surface area contributed by atoms with Crippen molar-refractivity contribution < 1.29 is 0 Å². The van der Waals surface area contributed by atoms with E-state index < -0.39 is 0 Å². The molecule has 0 aromatic carbocycles. The third kappa shape index (κ3) is 5.87. The molecule has 0 aliphatic heterocycles. The Hall–Kier alpha value is 0.280. The topological polar surface area (TPSA) is 0 Å². The molecule has 0 aliphatic rings. The van der Waals surface area contributed by atoms with Crippen molar-refractivity contribution in [1.82, 2.24) is 0 Å². The molecule has 72 valence electrons. The lowest BCUT2D eigenvalue weighted by molar-refractivity contribution is 1.50. The molecule has 0 N–H and O–H groups in total. The van der Waals surface area contributed by atoms with Gasteiger partial charge in [-0.2, -0.15) is 0 Å². The molecule has 1 aromatic rings. The van der Waals surface area contributed by atoms with E-state index in [1.807, 2.05) is 40.7 Å². The van der Waals surface area contributed by atoms with Gasteiger partial charge in [0.05, 0.1) is 5.02 Å². The number of hydrogen-bond acceptors (Lipinski definition) is 1. The zero-order valence-corrected chi connectivity index (χ0v) is 10.6. The molecule has 0 aliphatic carbocycles. The van der Waals surface area contributed by atoms with Crippen molar-refractivity contribution in [1.29, 1.82) is 0 Å². The first-order valence-corrected chi connectivity index (χ1v) is 5.69. The van der Waals surface area contributed by atoms with Crippen molar-refractivity contribution in [3.8, 4) is 0 Å². The maximum atomic E-state index is 5.62. The fourth-order valence-electron chi connectivity index (χ4n) is 0.455. The molecular formula is C9H16Cl2S. The molecule has 1 aromatic heterocycles. The highest BCUT2D eigenvalue weighted by Crippen LogP contribution is 2.30. The van der Waals surface area contributed by atoms with E-state index in [0.717, 1.165) is 4.88 Å². The van der Waals surface area contributed by atoms with Crippen LogP contribution in [0, 0.1) is 6.92 Å². The minimum atomic E-state index is 0.661. The zero-order chi connectivity index (χ0) is 10.1. The van der Waals surface area contributed by atoms with Crippen LogP contribution in [-0.4, -0.2) is 0 Å². The average Bonchev–Trinajstić information content (AvgIpc) is 2.37. The highest BCUT2D eigenvalue weighted by molar-refractivity contribution is 7.16. The van der Waals surface area contributed by atoms with E-state index in [1.54, 1.807) is 0 Å². The van der Waals surface area contributed by atoms with Crippen LogP contribution in [0.25, 0.3) is 0 Å². The van der Waals surface area contributed by atoms with Crippen LogP contribution in [0.1, 0.15) is 32.6 Å². The molecular weight excluding hydrogens is 211 g/mol. The third-order valence-corrected chi connectivity index (χ3v) is 2.55. The Morgan fingerprint density at radius 3 is 1.58 bits per heavy atom. The highest BCUT2D eigenvalue weighted by Gasteiger charge is 1.98. The standard InChI is InChI=1S/C5H4Cl2S.2C2H6/c1-3-2-4(6)5(7)8-3;2*1-2/h2H,1H3;2*1-2H3. The molecule has 0 bridgehead atoms. The first-order valence-electron chi connectivity index (χ1n) is 4.11. The molecule has 12 heavy (non-hydrogen) atoms. The van der Waals surface area contributed by atoms with Gasteiger partial charge in [0.15, 0.2) is 0 Å². The normalized spacial score (nSPS) is 7.58. The second-order valence-electron chi connectivity index (χ2n) is 1.48. The predicted octanol–water partition coefficient (Wildman–Crippen LogP) is 5.42. The summed E-state index contributed by atoms with van der Waals surface area (Å²) in [4.78, 5) is 1.15. The van der Waals surface area contributed by atoms with E-state index >= 15 is 0 Å². The van der Waals surface area contributed by atoms with Crippen molar-refractivity contribution in [2.24, 2.45) is 0 Å². The fraction of sp³-hybridized carbons (Fsp3) is 0.556. The van der Waals surface area contributed by atoms with Gasteiger partial charge in [0.2, 0.25) is 0 Å². The average molecular weight is 227 g/mol. The number of halogens is 2. The van der Waals surface area contributed by atoms with Crippen LogP contribution in [0.5, 0.6) is 0 Å². The van der Waals surface area contributed by atoms with Crippen molar-refractivity contribution in [3.05, 3.63) is 20.3 Å². The Morgan fingerprint density at radius 1 is 1.08 bits per heavy atom. The van der Waals surface area contributed by atoms with E-state index in [-0.39, 0.29) is 0 Å². The smallest absolute Gasteiger partial charge is 0.112 e. The van der Waals surface area contributed by atoms with Crippen LogP contribution in [0.4, 0.5) is 0 Å². The molecule has 0 saturated heterocycles. The van der Waals surface area contributed by atoms with E-state index in [1.165, 1.54) is 11.3 Å². The van der Waals surface area contributed by atoms with Crippen LogP contribution in [0.3, 0.4) is 0 Å². The number of hydrogen-bond donors (Lipinski definition) is 0. The van der Waals surface area contributed by atoms with Crippen LogP contribution in [-0.2, 0) is 0 Å². The van der Waals surface area contributed by atoms with Gasteiger partial charge in [-0.3, -0.25) is 0 Å². The molecule has 1 heterocycles. The van der Waals surface area contributed by atoms with Crippen LogP contribution < -0.4 is 0 Å². The van der Waals surface area contributed by atoms with Crippen molar-refractivity contribution in [2.75, 3.05) is 0 Å². The van der Waals surface area contributed by atoms with Crippen molar-refractivity contribution >= 4 is 34.5 Å². The van der Waals surface area contributed by atoms with Crippen LogP contribution in [0.2, 0.25) is 9.36 Å². The van der Waals surface area contributed by atoms with Gasteiger partial charge in [-0.25, -0.2) is 0 Å². The quantitative estimate of drug-likeness (QED) is 0.555. The van der Waals surface area contributed by atoms with Crippen LogP contribution >= 0.6 is 34.5 Å². The van der Waals surface area contributed by atoms with E-state index in [9.17, 15) is 0 Å². The molecule has 0 radical (unpaired) electrons. The lowest BCUT2D eigenvalue weighted by Gasteiger charge is -1.73. The Morgan fingerprint density at radius 2 is 1.50 bits per heavy atom. The number of thiophene rings is 1. The van der Waals surface area contributed by atoms with Crippen molar-refractivity contribution in [3.63, 3.8) is 0 Å². The minimum absolute atomic E-state index is 0.661. The van der Waals surface area contributed by atoms with Gasteiger partial charge in [-0.15, -0.1) is 11.3 Å². The zero-order valence-electron chi connectivity index (χ0n) is 8.24. The largest absolute Gasteiger partial charge is 0.127 e. The number of aryl methyl sites for hydroxylation is 1. The minimum Gasteiger partial charge on any atom is -0.127 e. The Labute approximate surface area is 89.5 Å². The van der Waals surface area contributed by atoms with E-state index in [4.69, 9.17) is 23.2 Å². The maximum absolute atomic E-state index is 5.62. The summed E-state index contributed by atoms with van der Waals surface area (Å²) in [6.45, 7) is 9.97. The Balaban J connectivity index is 0. The van der Waals surface area contributed by atoms with E-state index in [0.29, 0.717) is 9.36 Å². The summed E-state index contributed by atoms with van der Waals surface area (Å²) in [6.07, 6.45) is 0. The second kappa shape index (κ2) is 9.37. The molecule has 1 rings (SSSR count). The summed E-state index contributed by atoms with van der Waals surface area (Å²) in [5, 5.41) is 0.661. The lowest BCUT2D eigenvalue weighted by atomic mass is 10.5. The third-order valence-electron chi connectivity index (χ3n) is 0.768. The predicted molar refractivity (Wildman–Crippen MR) is 61.8 cm³/mol. The Bertz CT molecular complexity index is 175. The summed E-state index contributed by atoms with van der Waals surface area (Å²) in [6, 6.07) is 1.86. The molecule has 3 heteroatoms. The second-order valence-corrected chi connectivity index (χ2v) is 3.74. The van der Waals surface area contributed by atoms with Gasteiger partial charge in [0.25, 0.3) is 0 Å². The molecule has 0 nitrogen and oxygen atoms in total. The molecule has 0 saturated carbocycles. The fourth-order valence-corrected chi connectivity index (χ4v) is 1.83. The molecule has 0 atom stereocenters. The monoisotopic (exact) mass is 226 g/mol. The van der Waals surface area contributed by atoms with Crippen LogP contribution in [0.15, 0.2) is 6.07 Å². The van der Waals surface area contributed by atoms with E-state index in [2.05, 4.69) is 0 Å². The molecule has 0 fully saturated rings. The SMILES string of the molecule is CC.CC.Cc1cc(Cl)c(Cl)s1. The van der Waals surface area contributed by atoms with Gasteiger partial charge >= 0.3 is 0 Å². The summed E-state index contributed by atoms with van der Waals surface area (Å²) in [7, 11) is 0. The first-order chi connectivity index (χ1) is 5.70. The summed E-state index contributed by atoms with van der Waals surface area (Å²) in [5.74, 6) is 0. The van der Waals surface area contributed by atoms with Crippen molar-refractivity contribution in [2.45, 2.75) is 34.6 Å². The van der Waals surface area contributed by atoms with Gasteiger partial charge in [0.1, 0.15) is 4.34 Å². The highest BCUT2D eigenvalue weighted by atomic mass is 35.5. The van der Waals surface area contributed by atoms with Gasteiger partial charge in [0, 0.05) is 4.88 Å². The maximum Gasteiger partial charge on any atom is 0.112 e. The lowest BCUT2D eigenvalue weighted by Crippen LogP contribution is -1.47. The van der Waals surface area contributed by atoms with Gasteiger partial charge in [-0.05, 0) is 13.0 Å². The molecule has 0 unspecified atom stereocenters. The summed E-state index contributed by atoms with van der Waals surface area (Å²) in [5.41, 5.74) is 0. The summed E-state index contributed by atoms with van der Waals surface area (Å²) < 4.78 is 0.684. The molecule has 0 amide bonds. The Kier molecular flexibility index (Phi) is 11.5. The molecule has 0 spiro atoms. The van der Waals surface area contributed by atoms with Gasteiger partial charge in [-0.1, -0.05) is 50.9 Å². The summed E-state index contributed by atoms with van der Waals surface area (Å²) >= 11 is 12.7. The van der Waals surface area contributed by atoms with Gasteiger partial charge < -0.3 is 0 Å². The first kappa shape index (κ1) is 14.8. The number of rotatable bonds is 0.